The van der Waals surface area contributed by atoms with Gasteiger partial charge < -0.3 is 15.3 Å². The number of rotatable bonds is 7. The molecule has 1 heterocycles. The number of nitrogens with one attached hydrogen (secondary N) is 1. The minimum atomic E-state index is -0.847. The number of imide groups is 1. The smallest absolute Gasteiger partial charge is 0.363 e. The van der Waals surface area contributed by atoms with E-state index < -0.39 is 29.3 Å². The van der Waals surface area contributed by atoms with Crippen molar-refractivity contribution in [3.63, 3.8) is 0 Å². The van der Waals surface area contributed by atoms with Gasteiger partial charge in [-0.2, -0.15) is 0 Å². The fourth-order valence-corrected chi connectivity index (χ4v) is 2.78. The number of carbonyl (C=O) groups is 3. The molecule has 2 amide bonds. The van der Waals surface area contributed by atoms with Crippen LogP contribution in [0.25, 0.3) is 0 Å². The van der Waals surface area contributed by atoms with Gasteiger partial charge in [-0.15, -0.1) is 5.06 Å². The second kappa shape index (κ2) is 8.48. The molecule has 2 N–H and O–H groups in total. The zero-order valence-corrected chi connectivity index (χ0v) is 15.2. The van der Waals surface area contributed by atoms with Gasteiger partial charge in [0, 0.05) is 31.1 Å². The van der Waals surface area contributed by atoms with E-state index in [0.717, 1.165) is 0 Å². The first-order chi connectivity index (χ1) is 13.9. The summed E-state index contributed by atoms with van der Waals surface area (Å²) in [5.41, 5.74) is 1.31. The summed E-state index contributed by atoms with van der Waals surface area (Å²) < 4.78 is 0. The van der Waals surface area contributed by atoms with Gasteiger partial charge in [-0.3, -0.25) is 19.7 Å². The van der Waals surface area contributed by atoms with Crippen LogP contribution in [-0.4, -0.2) is 32.9 Å². The molecule has 1 aliphatic heterocycles. The fourth-order valence-electron chi connectivity index (χ4n) is 2.78. The van der Waals surface area contributed by atoms with E-state index in [4.69, 9.17) is 4.84 Å². The highest BCUT2D eigenvalue weighted by molar-refractivity contribution is 6.02. The maximum absolute atomic E-state index is 12.2. The van der Waals surface area contributed by atoms with Crippen LogP contribution in [-0.2, 0) is 27.6 Å². The summed E-state index contributed by atoms with van der Waals surface area (Å²) in [7, 11) is 0. The molecule has 150 valence electrons. The lowest BCUT2D eigenvalue weighted by atomic mass is 10.1. The molecule has 0 saturated carbocycles. The van der Waals surface area contributed by atoms with E-state index in [1.54, 1.807) is 18.2 Å². The summed E-state index contributed by atoms with van der Waals surface area (Å²) in [4.78, 5) is 50.7. The Morgan fingerprint density at radius 3 is 2.55 bits per heavy atom. The highest BCUT2D eigenvalue weighted by Gasteiger charge is 2.33. The summed E-state index contributed by atoms with van der Waals surface area (Å²) in [6, 6.07) is 10.7. The zero-order chi connectivity index (χ0) is 21.0. The van der Waals surface area contributed by atoms with Crippen LogP contribution in [0.3, 0.4) is 0 Å². The SMILES string of the molecule is O=C(ON1C(=O)CCC1=O)c1cccc(NCc2ccc(CO)c([N+](=O)[O-])c2)c1. The van der Waals surface area contributed by atoms with Gasteiger partial charge >= 0.3 is 5.97 Å². The Balaban J connectivity index is 1.68. The van der Waals surface area contributed by atoms with E-state index in [0.29, 0.717) is 16.3 Å². The van der Waals surface area contributed by atoms with Gasteiger partial charge in [0.15, 0.2) is 0 Å². The van der Waals surface area contributed by atoms with Gasteiger partial charge in [0.2, 0.25) is 0 Å². The van der Waals surface area contributed by atoms with Gasteiger partial charge in [0.05, 0.1) is 22.7 Å². The number of aliphatic hydroxyl groups is 1. The number of nitrogens with zero attached hydrogens (tertiary/aromatic N) is 2. The third kappa shape index (κ3) is 4.55. The maximum Gasteiger partial charge on any atom is 0.363 e. The lowest BCUT2D eigenvalue weighted by Gasteiger charge is -2.13. The number of anilines is 1. The maximum atomic E-state index is 12.2. The lowest BCUT2D eigenvalue weighted by Crippen LogP contribution is -2.32. The molecule has 10 nitrogen and oxygen atoms in total. The summed E-state index contributed by atoms with van der Waals surface area (Å²) in [6.45, 7) is -0.204. The molecule has 1 aliphatic rings. The Kier molecular flexibility index (Phi) is 5.84. The number of hydrogen-bond donors (Lipinski definition) is 2. The second-order valence-electron chi connectivity index (χ2n) is 6.27. The van der Waals surface area contributed by atoms with Crippen molar-refractivity contribution in [2.24, 2.45) is 0 Å². The average molecular weight is 399 g/mol. The van der Waals surface area contributed by atoms with Crippen molar-refractivity contribution in [2.45, 2.75) is 26.0 Å². The summed E-state index contributed by atoms with van der Waals surface area (Å²) in [5, 5.41) is 23.8. The number of benzene rings is 2. The molecule has 2 aromatic rings. The lowest BCUT2D eigenvalue weighted by molar-refractivity contribution is -0.385. The van der Waals surface area contributed by atoms with Crippen LogP contribution < -0.4 is 5.32 Å². The van der Waals surface area contributed by atoms with Gasteiger partial charge in [0.1, 0.15) is 0 Å². The van der Waals surface area contributed by atoms with Crippen molar-refractivity contribution >= 4 is 29.2 Å². The first-order valence-electron chi connectivity index (χ1n) is 8.68. The molecule has 29 heavy (non-hydrogen) atoms. The largest absolute Gasteiger partial charge is 0.391 e. The van der Waals surface area contributed by atoms with E-state index in [9.17, 15) is 29.6 Å². The van der Waals surface area contributed by atoms with Crippen molar-refractivity contribution in [1.82, 2.24) is 5.06 Å². The van der Waals surface area contributed by atoms with E-state index in [1.807, 2.05) is 0 Å². The van der Waals surface area contributed by atoms with Crippen LogP contribution in [0.2, 0.25) is 0 Å². The Morgan fingerprint density at radius 1 is 1.17 bits per heavy atom. The molecule has 0 bridgehead atoms. The second-order valence-corrected chi connectivity index (χ2v) is 6.27. The van der Waals surface area contributed by atoms with Crippen molar-refractivity contribution in [3.05, 3.63) is 69.3 Å². The molecular weight excluding hydrogens is 382 g/mol. The normalized spacial score (nSPS) is 13.5. The number of hydroxylamine groups is 2. The van der Waals surface area contributed by atoms with Crippen LogP contribution in [0.15, 0.2) is 42.5 Å². The third-order valence-corrected chi connectivity index (χ3v) is 4.29. The van der Waals surface area contributed by atoms with Crippen molar-refractivity contribution in [2.75, 3.05) is 5.32 Å². The number of nitro benzene ring substituents is 1. The highest BCUT2D eigenvalue weighted by Crippen LogP contribution is 2.22. The topological polar surface area (TPSA) is 139 Å². The molecule has 10 heteroatoms. The Hall–Kier alpha value is -3.79. The molecule has 0 aromatic heterocycles. The van der Waals surface area contributed by atoms with E-state index in [2.05, 4.69) is 5.32 Å². The molecule has 0 aliphatic carbocycles. The van der Waals surface area contributed by atoms with E-state index in [-0.39, 0.29) is 36.2 Å². The monoisotopic (exact) mass is 399 g/mol. The molecule has 0 atom stereocenters. The quantitative estimate of drug-likeness (QED) is 0.409. The first-order valence-corrected chi connectivity index (χ1v) is 8.68. The first kappa shape index (κ1) is 20.0. The molecule has 1 fully saturated rings. The average Bonchev–Trinajstić information content (AvgIpc) is 3.04. The summed E-state index contributed by atoms with van der Waals surface area (Å²) >= 11 is 0. The predicted octanol–water partition coefficient (Wildman–Crippen LogP) is 1.92. The number of carbonyl (C=O) groups excluding carboxylic acids is 3. The molecule has 0 spiro atoms. The van der Waals surface area contributed by atoms with Crippen LogP contribution in [0.5, 0.6) is 0 Å². The van der Waals surface area contributed by atoms with Gasteiger partial charge in [0.25, 0.3) is 17.5 Å². The standard InChI is InChI=1S/C19H17N3O7/c23-11-14-5-4-12(8-16(14)22(27)28)10-20-15-3-1-2-13(9-15)19(26)29-21-17(24)6-7-18(21)25/h1-5,8-9,20,23H,6-7,10-11H2. The molecule has 1 saturated heterocycles. The number of amides is 2. The van der Waals surface area contributed by atoms with Crippen LogP contribution in [0, 0.1) is 10.1 Å². The Bertz CT molecular complexity index is 974. The molecule has 0 radical (unpaired) electrons. The van der Waals surface area contributed by atoms with Crippen molar-refractivity contribution in [3.8, 4) is 0 Å². The number of hydrogen-bond acceptors (Lipinski definition) is 8. The van der Waals surface area contributed by atoms with Crippen LogP contribution in [0.1, 0.15) is 34.3 Å². The van der Waals surface area contributed by atoms with Gasteiger partial charge in [-0.1, -0.05) is 12.1 Å². The van der Waals surface area contributed by atoms with Crippen molar-refractivity contribution < 1.29 is 29.3 Å². The van der Waals surface area contributed by atoms with E-state index >= 15 is 0 Å². The highest BCUT2D eigenvalue weighted by atomic mass is 16.7. The van der Waals surface area contributed by atoms with Crippen LogP contribution in [0.4, 0.5) is 11.4 Å². The zero-order valence-electron chi connectivity index (χ0n) is 15.2. The Morgan fingerprint density at radius 2 is 1.90 bits per heavy atom. The molecule has 0 unspecified atom stereocenters. The van der Waals surface area contributed by atoms with E-state index in [1.165, 1.54) is 24.3 Å². The van der Waals surface area contributed by atoms with Gasteiger partial charge in [-0.05, 0) is 29.8 Å². The minimum Gasteiger partial charge on any atom is -0.391 e. The van der Waals surface area contributed by atoms with Crippen molar-refractivity contribution in [1.29, 1.82) is 0 Å². The number of aliphatic hydroxyl groups excluding tert-OH is 1. The van der Waals surface area contributed by atoms with Gasteiger partial charge in [-0.25, -0.2) is 4.79 Å². The summed E-state index contributed by atoms with van der Waals surface area (Å²) in [6.07, 6.45) is 0.0177. The third-order valence-electron chi connectivity index (χ3n) is 4.29. The Labute approximate surface area is 164 Å². The fraction of sp³-hybridized carbons (Fsp3) is 0.211. The number of nitro groups is 1. The minimum absolute atomic E-state index is 0.00885. The van der Waals surface area contributed by atoms with Crippen LogP contribution >= 0.6 is 0 Å². The molecular formula is C19H17N3O7. The predicted molar refractivity (Wildman–Crippen MR) is 99.3 cm³/mol. The molecule has 2 aromatic carbocycles. The summed E-state index contributed by atoms with van der Waals surface area (Å²) in [5.74, 6) is -1.98. The molecule has 3 rings (SSSR count).